The van der Waals surface area contributed by atoms with Gasteiger partial charge in [-0.15, -0.1) is 0 Å². The van der Waals surface area contributed by atoms with Crippen molar-refractivity contribution >= 4 is 5.97 Å². The predicted octanol–water partition coefficient (Wildman–Crippen LogP) is 2.31. The number of phenols is 1. The number of benzene rings is 1. The molecule has 0 aliphatic carbocycles. The molecule has 0 atom stereocenters. The summed E-state index contributed by atoms with van der Waals surface area (Å²) in [7, 11) is 0. The lowest BCUT2D eigenvalue weighted by molar-refractivity contribution is -0.142. The summed E-state index contributed by atoms with van der Waals surface area (Å²) in [5.74, 6) is -1.19. The number of phenolic OH excluding ortho intramolecular Hbond substituents is 1. The van der Waals surface area contributed by atoms with Crippen molar-refractivity contribution in [1.82, 2.24) is 0 Å². The van der Waals surface area contributed by atoms with Crippen molar-refractivity contribution in [2.45, 2.75) is 19.8 Å². The quantitative estimate of drug-likeness (QED) is 0.838. The summed E-state index contributed by atoms with van der Waals surface area (Å²) in [4.78, 5) is 11.3. The zero-order chi connectivity index (χ0) is 13.7. The molecular weight excluding hydrogens is 244 g/mol. The van der Waals surface area contributed by atoms with Gasteiger partial charge in [0.15, 0.2) is 0 Å². The van der Waals surface area contributed by atoms with Crippen molar-refractivity contribution in [1.29, 1.82) is 5.26 Å². The van der Waals surface area contributed by atoms with Crippen LogP contribution in [0, 0.1) is 11.3 Å². The Labute approximate surface area is 102 Å². The van der Waals surface area contributed by atoms with Crippen LogP contribution in [0.1, 0.15) is 30.0 Å². The Morgan fingerprint density at radius 3 is 2.72 bits per heavy atom. The Morgan fingerprint density at radius 1 is 1.56 bits per heavy atom. The maximum absolute atomic E-state index is 12.9. The van der Waals surface area contributed by atoms with Crippen molar-refractivity contribution in [3.05, 3.63) is 28.8 Å². The largest absolute Gasteiger partial charge is 0.507 e. The lowest BCUT2D eigenvalue weighted by Crippen LogP contribution is -2.10. The highest BCUT2D eigenvalue weighted by Crippen LogP contribution is 2.32. The lowest BCUT2D eigenvalue weighted by Gasteiger charge is -2.11. The highest BCUT2D eigenvalue weighted by molar-refractivity contribution is 5.74. The first kappa shape index (κ1) is 13.9. The maximum Gasteiger partial charge on any atom is 0.310 e. The molecule has 96 valence electrons. The van der Waals surface area contributed by atoms with Gasteiger partial charge in [-0.2, -0.15) is 5.26 Å². The second-order valence-electron chi connectivity index (χ2n) is 3.43. The molecule has 6 heteroatoms. The Kier molecular flexibility index (Phi) is 4.60. The van der Waals surface area contributed by atoms with Crippen molar-refractivity contribution < 1.29 is 23.4 Å². The van der Waals surface area contributed by atoms with Crippen molar-refractivity contribution in [3.63, 3.8) is 0 Å². The van der Waals surface area contributed by atoms with Gasteiger partial charge in [-0.25, -0.2) is 8.78 Å². The number of hydrogen-bond acceptors (Lipinski definition) is 4. The molecule has 1 N–H and O–H groups in total. The molecule has 18 heavy (non-hydrogen) atoms. The van der Waals surface area contributed by atoms with Crippen LogP contribution in [0.15, 0.2) is 12.1 Å². The van der Waals surface area contributed by atoms with Gasteiger partial charge in [0, 0.05) is 5.56 Å². The Morgan fingerprint density at radius 2 is 2.22 bits per heavy atom. The minimum absolute atomic E-state index is 0.0159. The average molecular weight is 255 g/mol. The Hall–Kier alpha value is -2.16. The van der Waals surface area contributed by atoms with Gasteiger partial charge in [0.1, 0.15) is 17.4 Å². The summed E-state index contributed by atoms with van der Waals surface area (Å²) in [6, 6.07) is 3.81. The minimum Gasteiger partial charge on any atom is -0.507 e. The molecule has 4 nitrogen and oxygen atoms in total. The van der Waals surface area contributed by atoms with Crippen LogP contribution in [-0.2, 0) is 16.0 Å². The smallest absolute Gasteiger partial charge is 0.310 e. The molecule has 0 spiro atoms. The third-order valence-corrected chi connectivity index (χ3v) is 2.28. The summed E-state index contributed by atoms with van der Waals surface area (Å²) in [5, 5.41) is 18.1. The molecule has 1 aromatic carbocycles. The Bertz CT molecular complexity index is 495. The molecule has 0 amide bonds. The van der Waals surface area contributed by atoms with Crippen molar-refractivity contribution in [3.8, 4) is 11.8 Å². The predicted molar refractivity (Wildman–Crippen MR) is 58.1 cm³/mol. The van der Waals surface area contributed by atoms with Gasteiger partial charge in [-0.1, -0.05) is 6.07 Å². The van der Waals surface area contributed by atoms with E-state index < -0.39 is 29.3 Å². The van der Waals surface area contributed by atoms with Crippen LogP contribution in [0.5, 0.6) is 5.75 Å². The van der Waals surface area contributed by atoms with Gasteiger partial charge in [-0.3, -0.25) is 4.79 Å². The van der Waals surface area contributed by atoms with E-state index in [0.29, 0.717) is 0 Å². The normalized spacial score (nSPS) is 10.2. The first-order chi connectivity index (χ1) is 8.51. The number of aromatic hydroxyl groups is 1. The highest BCUT2D eigenvalue weighted by Gasteiger charge is 2.22. The van der Waals surface area contributed by atoms with E-state index in [1.807, 2.05) is 0 Å². The number of nitriles is 1. The van der Waals surface area contributed by atoms with E-state index in [1.165, 1.54) is 12.1 Å². The number of halogens is 2. The molecule has 0 aromatic heterocycles. The second kappa shape index (κ2) is 5.96. The molecule has 0 bridgehead atoms. The summed E-state index contributed by atoms with van der Waals surface area (Å²) >= 11 is 0. The molecule has 0 radical (unpaired) electrons. The van der Waals surface area contributed by atoms with E-state index in [1.54, 1.807) is 6.92 Å². The molecule has 0 aliphatic heterocycles. The average Bonchev–Trinajstić information content (AvgIpc) is 2.30. The van der Waals surface area contributed by atoms with E-state index in [9.17, 15) is 18.7 Å². The van der Waals surface area contributed by atoms with E-state index in [4.69, 9.17) is 5.26 Å². The lowest BCUT2D eigenvalue weighted by atomic mass is 9.98. The Balaban J connectivity index is 3.20. The number of nitrogens with zero attached hydrogens (tertiary/aromatic N) is 1. The van der Waals surface area contributed by atoms with Gasteiger partial charge in [0.05, 0.1) is 13.0 Å². The monoisotopic (exact) mass is 255 g/mol. The molecule has 0 aliphatic rings. The number of rotatable bonds is 4. The van der Waals surface area contributed by atoms with E-state index in [-0.39, 0.29) is 18.6 Å². The van der Waals surface area contributed by atoms with E-state index >= 15 is 0 Å². The zero-order valence-corrected chi connectivity index (χ0v) is 9.61. The summed E-state index contributed by atoms with van der Waals surface area (Å²) in [6.45, 7) is 1.75. The van der Waals surface area contributed by atoms with E-state index in [0.717, 1.165) is 6.07 Å². The standard InChI is InChI=1S/C12H11F2NO3/c1-2-18-10(17)5-7-3-4-9(16)8(6-15)11(7)12(13)14/h3-4,12,16H,2,5H2,1H3. The van der Waals surface area contributed by atoms with Crippen LogP contribution in [0.3, 0.4) is 0 Å². The molecule has 0 heterocycles. The SMILES string of the molecule is CCOC(=O)Cc1ccc(O)c(C#N)c1C(F)F. The fourth-order valence-corrected chi connectivity index (χ4v) is 1.54. The van der Waals surface area contributed by atoms with Crippen LogP contribution in [0.4, 0.5) is 8.78 Å². The van der Waals surface area contributed by atoms with Gasteiger partial charge in [-0.05, 0) is 18.6 Å². The second-order valence-corrected chi connectivity index (χ2v) is 3.43. The fourth-order valence-electron chi connectivity index (χ4n) is 1.54. The van der Waals surface area contributed by atoms with Gasteiger partial charge in [0.25, 0.3) is 6.43 Å². The molecule has 0 fully saturated rings. The molecular formula is C12H11F2NO3. The number of ether oxygens (including phenoxy) is 1. The molecule has 1 aromatic rings. The van der Waals surface area contributed by atoms with Crippen molar-refractivity contribution in [2.75, 3.05) is 6.61 Å². The zero-order valence-electron chi connectivity index (χ0n) is 9.61. The third-order valence-electron chi connectivity index (χ3n) is 2.28. The minimum atomic E-state index is -2.95. The number of alkyl halides is 2. The van der Waals surface area contributed by atoms with Crippen LogP contribution in [-0.4, -0.2) is 17.7 Å². The first-order valence-corrected chi connectivity index (χ1v) is 5.19. The number of esters is 1. The van der Waals surface area contributed by atoms with Crippen molar-refractivity contribution in [2.24, 2.45) is 0 Å². The molecule has 0 saturated heterocycles. The van der Waals surface area contributed by atoms with Crippen LogP contribution >= 0.6 is 0 Å². The molecule has 0 saturated carbocycles. The first-order valence-electron chi connectivity index (χ1n) is 5.19. The topological polar surface area (TPSA) is 70.3 Å². The molecule has 1 rings (SSSR count). The van der Waals surface area contributed by atoms with Crippen LogP contribution < -0.4 is 0 Å². The summed E-state index contributed by atoms with van der Waals surface area (Å²) < 4.78 is 30.4. The summed E-state index contributed by atoms with van der Waals surface area (Å²) in [5.41, 5.74) is -1.14. The number of hydrogen-bond donors (Lipinski definition) is 1. The van der Waals surface area contributed by atoms with Crippen LogP contribution in [0.2, 0.25) is 0 Å². The van der Waals surface area contributed by atoms with Gasteiger partial charge >= 0.3 is 5.97 Å². The number of carbonyl (C=O) groups is 1. The summed E-state index contributed by atoms with van der Waals surface area (Å²) in [6.07, 6.45) is -3.31. The van der Waals surface area contributed by atoms with Gasteiger partial charge in [0.2, 0.25) is 0 Å². The molecule has 0 unspecified atom stereocenters. The third kappa shape index (κ3) is 2.94. The maximum atomic E-state index is 12.9. The van der Waals surface area contributed by atoms with Gasteiger partial charge < -0.3 is 9.84 Å². The van der Waals surface area contributed by atoms with E-state index in [2.05, 4.69) is 4.74 Å². The highest BCUT2D eigenvalue weighted by atomic mass is 19.3. The van der Waals surface area contributed by atoms with Crippen LogP contribution in [0.25, 0.3) is 0 Å². The fraction of sp³-hybridized carbons (Fsp3) is 0.333. The number of carbonyl (C=O) groups excluding carboxylic acids is 1.